The molecule has 0 aliphatic rings. The maximum atomic E-state index is 13.5. The Labute approximate surface area is 199 Å². The number of anilines is 1. The summed E-state index contributed by atoms with van der Waals surface area (Å²) in [7, 11) is -8.56. The van der Waals surface area contributed by atoms with Crippen LogP contribution >= 0.6 is 7.37 Å². The summed E-state index contributed by atoms with van der Waals surface area (Å²) in [6.45, 7) is 4.87. The molecule has 10 heteroatoms. The van der Waals surface area contributed by atoms with Crippen molar-refractivity contribution in [3.05, 3.63) is 71.8 Å². The van der Waals surface area contributed by atoms with Gasteiger partial charge in [-0.15, -0.1) is 0 Å². The Morgan fingerprint density at radius 3 is 2.32 bits per heavy atom. The van der Waals surface area contributed by atoms with Gasteiger partial charge in [0.2, 0.25) is 17.4 Å². The SMILES string of the molecule is Cc1c(N)cccc1C(CP(=O)(O)C(NS(=O)(=O)c1cccc2ccccc12)C(C)C)C(=O)O. The van der Waals surface area contributed by atoms with E-state index in [4.69, 9.17) is 5.73 Å². The Morgan fingerprint density at radius 2 is 1.68 bits per heavy atom. The number of fused-ring (bicyclic) bond motifs is 1. The first kappa shape index (κ1) is 25.9. The Balaban J connectivity index is 1.99. The number of sulfonamides is 1. The topological polar surface area (TPSA) is 147 Å². The molecule has 0 heterocycles. The summed E-state index contributed by atoms with van der Waals surface area (Å²) in [6, 6.07) is 16.5. The molecule has 3 aromatic rings. The van der Waals surface area contributed by atoms with Gasteiger partial charge in [-0.1, -0.05) is 62.4 Å². The number of rotatable bonds is 9. The third kappa shape index (κ3) is 5.33. The second-order valence-electron chi connectivity index (χ2n) is 8.68. The standard InChI is InChI=1S/C24H29N2O6PS/c1-15(2)23(26-34(31,32)22-13-6-9-17-8-4-5-10-19(17)22)33(29,30)14-20(24(27)28)18-11-7-12-21(25)16(18)3/h4-13,15,20,23,26H,14,25H2,1-3H3,(H,27,28)(H,29,30). The van der Waals surface area contributed by atoms with E-state index in [1.165, 1.54) is 6.07 Å². The fourth-order valence-electron chi connectivity index (χ4n) is 4.07. The zero-order chi connectivity index (χ0) is 25.3. The number of nitrogen functional groups attached to an aromatic ring is 1. The van der Waals surface area contributed by atoms with Gasteiger partial charge in [0, 0.05) is 17.2 Å². The number of benzene rings is 3. The normalized spacial score (nSPS) is 15.7. The predicted molar refractivity (Wildman–Crippen MR) is 134 cm³/mol. The van der Waals surface area contributed by atoms with Crippen molar-refractivity contribution in [1.29, 1.82) is 0 Å². The summed E-state index contributed by atoms with van der Waals surface area (Å²) < 4.78 is 42.6. The van der Waals surface area contributed by atoms with Crippen molar-refractivity contribution >= 4 is 39.8 Å². The number of nitrogens with one attached hydrogen (secondary N) is 1. The number of aliphatic carboxylic acids is 1. The molecule has 0 spiro atoms. The predicted octanol–water partition coefficient (Wildman–Crippen LogP) is 4.13. The van der Waals surface area contributed by atoms with Gasteiger partial charge >= 0.3 is 5.97 Å². The molecule has 0 saturated heterocycles. The van der Waals surface area contributed by atoms with Gasteiger partial charge in [0.05, 0.1) is 10.8 Å². The lowest BCUT2D eigenvalue weighted by Gasteiger charge is -2.29. The van der Waals surface area contributed by atoms with Crippen LogP contribution in [0.5, 0.6) is 0 Å². The average Bonchev–Trinajstić information content (AvgIpc) is 2.77. The van der Waals surface area contributed by atoms with Crippen LogP contribution in [0.1, 0.15) is 30.9 Å². The summed E-state index contributed by atoms with van der Waals surface area (Å²) in [5, 5.41) is 11.0. The van der Waals surface area contributed by atoms with Crippen LogP contribution in [0.3, 0.4) is 0 Å². The van der Waals surface area contributed by atoms with Crippen LogP contribution in [0.15, 0.2) is 65.6 Å². The summed E-state index contributed by atoms with van der Waals surface area (Å²) in [6.07, 6.45) is -0.645. The van der Waals surface area contributed by atoms with Crippen LogP contribution in [-0.2, 0) is 19.4 Å². The quantitative estimate of drug-likeness (QED) is 0.253. The van der Waals surface area contributed by atoms with Gasteiger partial charge in [0.1, 0.15) is 5.78 Å². The van der Waals surface area contributed by atoms with Crippen molar-refractivity contribution in [2.24, 2.45) is 5.92 Å². The fraction of sp³-hybridized carbons (Fsp3) is 0.292. The first-order valence-corrected chi connectivity index (χ1v) is 14.1. The molecule has 0 aromatic heterocycles. The summed E-state index contributed by atoms with van der Waals surface area (Å²) >= 11 is 0. The molecule has 34 heavy (non-hydrogen) atoms. The van der Waals surface area contributed by atoms with E-state index in [-0.39, 0.29) is 4.90 Å². The van der Waals surface area contributed by atoms with Gasteiger partial charge in [-0.2, -0.15) is 4.72 Å². The largest absolute Gasteiger partial charge is 0.481 e. The molecular weight excluding hydrogens is 475 g/mol. The Bertz CT molecular complexity index is 1370. The van der Waals surface area contributed by atoms with Gasteiger partial charge < -0.3 is 15.7 Å². The van der Waals surface area contributed by atoms with E-state index in [0.717, 1.165) is 0 Å². The van der Waals surface area contributed by atoms with Crippen molar-refractivity contribution in [1.82, 2.24) is 4.72 Å². The molecule has 0 aliphatic carbocycles. The van der Waals surface area contributed by atoms with Gasteiger partial charge in [0.15, 0.2) is 0 Å². The number of carboxylic acids is 1. The summed E-state index contributed by atoms with van der Waals surface area (Å²) in [5.74, 6) is -4.60. The van der Waals surface area contributed by atoms with Crippen LogP contribution < -0.4 is 10.5 Å². The molecule has 182 valence electrons. The first-order chi connectivity index (χ1) is 15.8. The molecule has 0 aliphatic heterocycles. The first-order valence-electron chi connectivity index (χ1n) is 10.7. The lowest BCUT2D eigenvalue weighted by Crippen LogP contribution is -2.39. The van der Waals surface area contributed by atoms with Crippen LogP contribution in [0, 0.1) is 12.8 Å². The third-order valence-corrected chi connectivity index (χ3v) is 10.1. The van der Waals surface area contributed by atoms with Crippen molar-refractivity contribution in [2.75, 3.05) is 11.9 Å². The lowest BCUT2D eigenvalue weighted by molar-refractivity contribution is -0.138. The van der Waals surface area contributed by atoms with E-state index in [0.29, 0.717) is 27.6 Å². The second-order valence-corrected chi connectivity index (χ2v) is 12.8. The summed E-state index contributed by atoms with van der Waals surface area (Å²) in [5.41, 5.74) is 7.10. The van der Waals surface area contributed by atoms with E-state index in [9.17, 15) is 27.8 Å². The third-order valence-electron chi connectivity index (χ3n) is 5.92. The van der Waals surface area contributed by atoms with Gasteiger partial charge in [-0.05, 0) is 41.5 Å². The molecule has 5 N–H and O–H groups in total. The highest BCUT2D eigenvalue weighted by molar-refractivity contribution is 7.90. The number of hydrogen-bond donors (Lipinski definition) is 4. The molecule has 0 fully saturated rings. The molecule has 8 nitrogen and oxygen atoms in total. The minimum Gasteiger partial charge on any atom is -0.481 e. The zero-order valence-corrected chi connectivity index (χ0v) is 20.9. The van der Waals surface area contributed by atoms with E-state index in [2.05, 4.69) is 4.72 Å². The monoisotopic (exact) mass is 504 g/mol. The van der Waals surface area contributed by atoms with Crippen LogP contribution in [0.4, 0.5) is 5.69 Å². The van der Waals surface area contributed by atoms with Crippen molar-refractivity contribution < 1.29 is 27.8 Å². The van der Waals surface area contributed by atoms with Gasteiger partial charge in [0.25, 0.3) is 0 Å². The van der Waals surface area contributed by atoms with E-state index in [1.54, 1.807) is 75.4 Å². The van der Waals surface area contributed by atoms with E-state index < -0.39 is 47.1 Å². The molecule has 0 radical (unpaired) electrons. The number of nitrogens with two attached hydrogens (primary N) is 1. The second kappa shape index (κ2) is 9.88. The van der Waals surface area contributed by atoms with Crippen LogP contribution in [0.25, 0.3) is 10.8 Å². The van der Waals surface area contributed by atoms with Crippen LogP contribution in [-0.4, -0.2) is 36.3 Å². The average molecular weight is 505 g/mol. The van der Waals surface area contributed by atoms with E-state index >= 15 is 0 Å². The Morgan fingerprint density at radius 1 is 1.06 bits per heavy atom. The lowest BCUT2D eigenvalue weighted by atomic mass is 9.95. The molecule has 3 unspecified atom stereocenters. The number of carboxylic acid groups (broad SMARTS) is 1. The van der Waals surface area contributed by atoms with Crippen molar-refractivity contribution in [2.45, 2.75) is 37.4 Å². The highest BCUT2D eigenvalue weighted by Gasteiger charge is 2.41. The maximum Gasteiger partial charge on any atom is 0.311 e. The van der Waals surface area contributed by atoms with Crippen molar-refractivity contribution in [3.63, 3.8) is 0 Å². The molecule has 0 amide bonds. The van der Waals surface area contributed by atoms with E-state index in [1.807, 2.05) is 0 Å². The van der Waals surface area contributed by atoms with Crippen molar-refractivity contribution in [3.8, 4) is 0 Å². The van der Waals surface area contributed by atoms with Gasteiger partial charge in [-0.3, -0.25) is 9.36 Å². The molecule has 3 rings (SSSR count). The number of carbonyl (C=O) groups is 1. The highest BCUT2D eigenvalue weighted by Crippen LogP contribution is 2.52. The fourth-order valence-corrected chi connectivity index (χ4v) is 8.63. The van der Waals surface area contributed by atoms with Gasteiger partial charge in [-0.25, -0.2) is 8.42 Å². The minimum atomic E-state index is -4.36. The smallest absolute Gasteiger partial charge is 0.311 e. The summed E-state index contributed by atoms with van der Waals surface area (Å²) in [4.78, 5) is 23.1. The zero-order valence-electron chi connectivity index (χ0n) is 19.2. The molecule has 0 saturated carbocycles. The maximum absolute atomic E-state index is 13.5. The molecule has 3 aromatic carbocycles. The molecular formula is C24H29N2O6PS. The Hall–Kier alpha value is -2.71. The minimum absolute atomic E-state index is 0.0160. The Kier molecular flexibility index (Phi) is 7.53. The highest BCUT2D eigenvalue weighted by atomic mass is 32.2. The van der Waals surface area contributed by atoms with Crippen LogP contribution in [0.2, 0.25) is 0 Å². The molecule has 0 bridgehead atoms. The number of hydrogen-bond acceptors (Lipinski definition) is 5. The molecule has 3 atom stereocenters.